The third kappa shape index (κ3) is 5.45. The van der Waals surface area contributed by atoms with Crippen molar-refractivity contribution in [3.05, 3.63) is 188 Å². The van der Waals surface area contributed by atoms with Crippen LogP contribution in [0.1, 0.15) is 0 Å². The maximum atomic E-state index is 6.27. The van der Waals surface area contributed by atoms with Gasteiger partial charge in [0.05, 0.1) is 0 Å². The Hall–Kier alpha value is -7.63. The molecular formula is C51H31N3O2. The predicted molar refractivity (Wildman–Crippen MR) is 227 cm³/mol. The highest BCUT2D eigenvalue weighted by molar-refractivity contribution is 6.08. The molecule has 5 heteroatoms. The van der Waals surface area contributed by atoms with Crippen LogP contribution >= 0.6 is 0 Å². The van der Waals surface area contributed by atoms with E-state index in [1.807, 2.05) is 78.9 Å². The van der Waals surface area contributed by atoms with Gasteiger partial charge in [0.1, 0.15) is 22.3 Å². The van der Waals surface area contributed by atoms with Gasteiger partial charge in [-0.3, -0.25) is 0 Å². The van der Waals surface area contributed by atoms with Crippen LogP contribution in [0.2, 0.25) is 0 Å². The fourth-order valence-corrected chi connectivity index (χ4v) is 7.86. The van der Waals surface area contributed by atoms with Gasteiger partial charge in [0, 0.05) is 43.8 Å². The van der Waals surface area contributed by atoms with Crippen LogP contribution in [0.25, 0.3) is 111 Å². The lowest BCUT2D eigenvalue weighted by Gasteiger charge is -2.19. The highest BCUT2D eigenvalue weighted by atomic mass is 16.3. The van der Waals surface area contributed by atoms with Crippen LogP contribution in [0.3, 0.4) is 0 Å². The number of hydrogen-bond acceptors (Lipinski definition) is 5. The summed E-state index contributed by atoms with van der Waals surface area (Å²) in [6.45, 7) is 0. The molecule has 0 aliphatic rings. The van der Waals surface area contributed by atoms with Crippen LogP contribution in [-0.2, 0) is 0 Å². The highest BCUT2D eigenvalue weighted by Crippen LogP contribution is 2.44. The molecule has 0 unspecified atom stereocenters. The summed E-state index contributed by atoms with van der Waals surface area (Å²) in [6.07, 6.45) is 0. The highest BCUT2D eigenvalue weighted by Gasteiger charge is 2.22. The first kappa shape index (κ1) is 31.9. The first-order chi connectivity index (χ1) is 27.7. The van der Waals surface area contributed by atoms with Crippen molar-refractivity contribution >= 4 is 43.9 Å². The maximum absolute atomic E-state index is 6.27. The van der Waals surface area contributed by atoms with Crippen LogP contribution in [0, 0.1) is 0 Å². The van der Waals surface area contributed by atoms with Crippen LogP contribution < -0.4 is 0 Å². The van der Waals surface area contributed by atoms with Crippen molar-refractivity contribution in [3.8, 4) is 67.5 Å². The average Bonchev–Trinajstić information content (AvgIpc) is 3.84. The number of para-hydroxylation sites is 2. The molecule has 0 spiro atoms. The molecule has 0 bridgehead atoms. The minimum Gasteiger partial charge on any atom is -0.456 e. The van der Waals surface area contributed by atoms with Crippen molar-refractivity contribution in [3.63, 3.8) is 0 Å². The van der Waals surface area contributed by atoms with E-state index in [0.717, 1.165) is 93.9 Å². The van der Waals surface area contributed by atoms with E-state index in [-0.39, 0.29) is 0 Å². The van der Waals surface area contributed by atoms with Gasteiger partial charge in [-0.25, -0.2) is 15.0 Å². The first-order valence-electron chi connectivity index (χ1n) is 18.7. The zero-order valence-electron chi connectivity index (χ0n) is 30.1. The lowest BCUT2D eigenvalue weighted by Crippen LogP contribution is -2.02. The summed E-state index contributed by atoms with van der Waals surface area (Å²) in [5.41, 5.74) is 12.5. The summed E-state index contributed by atoms with van der Waals surface area (Å²) < 4.78 is 12.5. The number of aromatic nitrogens is 3. The zero-order chi connectivity index (χ0) is 37.0. The molecule has 0 saturated heterocycles. The Balaban J connectivity index is 1.22. The second kappa shape index (κ2) is 13.0. The lowest BCUT2D eigenvalue weighted by atomic mass is 9.86. The maximum Gasteiger partial charge on any atom is 0.164 e. The number of furan rings is 2. The van der Waals surface area contributed by atoms with Gasteiger partial charge in [-0.15, -0.1) is 0 Å². The van der Waals surface area contributed by atoms with Crippen molar-refractivity contribution in [1.29, 1.82) is 0 Å². The van der Waals surface area contributed by atoms with Gasteiger partial charge in [-0.1, -0.05) is 133 Å². The van der Waals surface area contributed by atoms with Crippen molar-refractivity contribution in [2.75, 3.05) is 0 Å². The summed E-state index contributed by atoms with van der Waals surface area (Å²) in [7, 11) is 0. The standard InChI is InChI=1S/C51H31N3O2/c1-4-14-32(15-5-1)37-30-40(35-24-26-46-41(28-35)38-20-10-12-22-44(38)55-46)48(33-16-6-2-7-17-33)43(31-37)51-53-49(34-18-8-3-9-19-34)52-50(54-51)36-25-27-47-42(29-36)39-21-11-13-23-45(39)56-47/h1-31H. The topological polar surface area (TPSA) is 65.0 Å². The molecule has 56 heavy (non-hydrogen) atoms. The molecule has 0 radical (unpaired) electrons. The summed E-state index contributed by atoms with van der Waals surface area (Å²) in [4.78, 5) is 15.8. The molecule has 11 aromatic rings. The molecule has 0 atom stereocenters. The number of benzene rings is 8. The van der Waals surface area contributed by atoms with Gasteiger partial charge in [-0.2, -0.15) is 0 Å². The van der Waals surface area contributed by atoms with Crippen LogP contribution in [0.5, 0.6) is 0 Å². The van der Waals surface area contributed by atoms with E-state index in [2.05, 4.69) is 109 Å². The van der Waals surface area contributed by atoms with E-state index < -0.39 is 0 Å². The van der Waals surface area contributed by atoms with E-state index in [9.17, 15) is 0 Å². The average molecular weight is 718 g/mol. The van der Waals surface area contributed by atoms with Crippen LogP contribution in [0.4, 0.5) is 0 Å². The molecule has 0 amide bonds. The van der Waals surface area contributed by atoms with Crippen LogP contribution in [0.15, 0.2) is 197 Å². The smallest absolute Gasteiger partial charge is 0.164 e. The monoisotopic (exact) mass is 717 g/mol. The Morgan fingerprint density at radius 3 is 1.34 bits per heavy atom. The molecule has 11 rings (SSSR count). The second-order valence-electron chi connectivity index (χ2n) is 14.0. The largest absolute Gasteiger partial charge is 0.456 e. The zero-order valence-corrected chi connectivity index (χ0v) is 30.1. The van der Waals surface area contributed by atoms with E-state index in [4.69, 9.17) is 23.8 Å². The summed E-state index contributed by atoms with van der Waals surface area (Å²) >= 11 is 0. The Labute approximate surface area is 322 Å². The molecular weight excluding hydrogens is 687 g/mol. The minimum absolute atomic E-state index is 0.581. The predicted octanol–water partition coefficient (Wildman–Crippen LogP) is 13.7. The molecule has 3 aromatic heterocycles. The number of rotatable bonds is 6. The fraction of sp³-hybridized carbons (Fsp3) is 0. The van der Waals surface area contributed by atoms with Crippen molar-refractivity contribution in [2.24, 2.45) is 0 Å². The molecule has 8 aromatic carbocycles. The van der Waals surface area contributed by atoms with Crippen molar-refractivity contribution in [2.45, 2.75) is 0 Å². The summed E-state index contributed by atoms with van der Waals surface area (Å²) in [6, 6.07) is 64.7. The minimum atomic E-state index is 0.581. The first-order valence-corrected chi connectivity index (χ1v) is 18.7. The Morgan fingerprint density at radius 2 is 0.714 bits per heavy atom. The van der Waals surface area contributed by atoms with Gasteiger partial charge in [0.25, 0.3) is 0 Å². The second-order valence-corrected chi connectivity index (χ2v) is 14.0. The van der Waals surface area contributed by atoms with Gasteiger partial charge in [0.2, 0.25) is 0 Å². The molecule has 0 aliphatic carbocycles. The number of nitrogens with zero attached hydrogens (tertiary/aromatic N) is 3. The van der Waals surface area contributed by atoms with Gasteiger partial charge >= 0.3 is 0 Å². The van der Waals surface area contributed by atoms with Gasteiger partial charge in [-0.05, 0) is 82.4 Å². The fourth-order valence-electron chi connectivity index (χ4n) is 7.86. The third-order valence-electron chi connectivity index (χ3n) is 10.5. The molecule has 262 valence electrons. The van der Waals surface area contributed by atoms with E-state index in [1.165, 1.54) is 0 Å². The van der Waals surface area contributed by atoms with E-state index >= 15 is 0 Å². The molecule has 5 nitrogen and oxygen atoms in total. The Morgan fingerprint density at radius 1 is 0.268 bits per heavy atom. The Bertz CT molecular complexity index is 3240. The van der Waals surface area contributed by atoms with E-state index in [1.54, 1.807) is 0 Å². The third-order valence-corrected chi connectivity index (χ3v) is 10.5. The molecule has 3 heterocycles. The molecule has 0 aliphatic heterocycles. The van der Waals surface area contributed by atoms with Crippen LogP contribution in [-0.4, -0.2) is 15.0 Å². The quantitative estimate of drug-likeness (QED) is 0.171. The Kier molecular flexibility index (Phi) is 7.42. The molecule has 0 N–H and O–H groups in total. The number of hydrogen-bond donors (Lipinski definition) is 0. The molecule has 0 fully saturated rings. The van der Waals surface area contributed by atoms with Crippen molar-refractivity contribution in [1.82, 2.24) is 15.0 Å². The number of fused-ring (bicyclic) bond motifs is 6. The van der Waals surface area contributed by atoms with E-state index in [0.29, 0.717) is 17.5 Å². The summed E-state index contributed by atoms with van der Waals surface area (Å²) in [5, 5.41) is 4.22. The van der Waals surface area contributed by atoms with Gasteiger partial charge in [0.15, 0.2) is 17.5 Å². The molecule has 0 saturated carbocycles. The van der Waals surface area contributed by atoms with Crippen molar-refractivity contribution < 1.29 is 8.83 Å². The normalized spacial score (nSPS) is 11.6. The SMILES string of the molecule is c1ccc(-c2cc(-c3ccc4oc5ccccc5c4c3)c(-c3ccccc3)c(-c3nc(-c4ccccc4)nc(-c4ccc5oc6ccccc6c5c4)n3)c2)cc1. The summed E-state index contributed by atoms with van der Waals surface area (Å²) in [5.74, 6) is 1.76. The lowest BCUT2D eigenvalue weighted by molar-refractivity contribution is 0.668. The van der Waals surface area contributed by atoms with Gasteiger partial charge < -0.3 is 8.83 Å².